The quantitative estimate of drug-likeness (QED) is 0.521. The number of para-hydroxylation sites is 1. The monoisotopic (exact) mass is 411 g/mol. The topological polar surface area (TPSA) is 64.4 Å². The molecular formula is C22H25N3O3S. The molecule has 0 radical (unpaired) electrons. The lowest BCUT2D eigenvalue weighted by Gasteiger charge is -2.21. The number of amides is 1. The van der Waals surface area contributed by atoms with E-state index in [2.05, 4.69) is 12.0 Å². The second-order valence-corrected chi connectivity index (χ2v) is 8.55. The normalized spacial score (nSPS) is 13.6. The van der Waals surface area contributed by atoms with Crippen molar-refractivity contribution in [2.45, 2.75) is 33.1 Å². The molecule has 2 aromatic heterocycles. The van der Waals surface area contributed by atoms with Crippen molar-refractivity contribution in [3.63, 3.8) is 0 Å². The molecule has 1 fully saturated rings. The van der Waals surface area contributed by atoms with Gasteiger partial charge >= 0.3 is 5.97 Å². The first-order chi connectivity index (χ1) is 14.1. The minimum Gasteiger partial charge on any atom is -0.451 e. The van der Waals surface area contributed by atoms with E-state index in [9.17, 15) is 9.59 Å². The van der Waals surface area contributed by atoms with Crippen molar-refractivity contribution in [1.82, 2.24) is 14.7 Å². The van der Waals surface area contributed by atoms with Gasteiger partial charge in [-0.15, -0.1) is 11.3 Å². The Morgan fingerprint density at radius 3 is 2.72 bits per heavy atom. The van der Waals surface area contributed by atoms with Crippen LogP contribution >= 0.6 is 11.3 Å². The molecule has 1 amide bonds. The maximum atomic E-state index is 12.6. The second kappa shape index (κ2) is 8.37. The van der Waals surface area contributed by atoms with Crippen LogP contribution in [-0.4, -0.2) is 46.3 Å². The fraction of sp³-hybridized carbons (Fsp3) is 0.409. The summed E-state index contributed by atoms with van der Waals surface area (Å²) in [7, 11) is 0. The van der Waals surface area contributed by atoms with Crippen molar-refractivity contribution in [2.75, 3.05) is 19.7 Å². The molecule has 1 aromatic carbocycles. The zero-order chi connectivity index (χ0) is 20.4. The van der Waals surface area contributed by atoms with Crippen molar-refractivity contribution in [1.29, 1.82) is 0 Å². The molecule has 29 heavy (non-hydrogen) atoms. The Balaban J connectivity index is 1.46. The van der Waals surface area contributed by atoms with Crippen LogP contribution in [0.1, 0.15) is 41.6 Å². The van der Waals surface area contributed by atoms with Gasteiger partial charge in [0.2, 0.25) is 0 Å². The van der Waals surface area contributed by atoms with Crippen LogP contribution in [0.4, 0.5) is 0 Å². The van der Waals surface area contributed by atoms with Crippen LogP contribution in [0, 0.1) is 12.8 Å². The summed E-state index contributed by atoms with van der Waals surface area (Å²) in [5, 5.41) is 5.52. The van der Waals surface area contributed by atoms with Crippen LogP contribution < -0.4 is 0 Å². The van der Waals surface area contributed by atoms with Crippen LogP contribution in [0.3, 0.4) is 0 Å². The summed E-state index contributed by atoms with van der Waals surface area (Å²) in [5.74, 6) is 0.0500. The SMILES string of the molecule is CCCN(CC1CC1)C(=O)COC(=O)c1cc2c(C)nn(-c3ccccc3)c2s1. The van der Waals surface area contributed by atoms with Crippen LogP contribution in [0.2, 0.25) is 0 Å². The minimum absolute atomic E-state index is 0.111. The molecule has 4 rings (SSSR count). The second-order valence-electron chi connectivity index (χ2n) is 7.52. The van der Waals surface area contributed by atoms with Crippen molar-refractivity contribution in [2.24, 2.45) is 5.92 Å². The average Bonchev–Trinajstić information content (AvgIpc) is 3.35. The third-order valence-electron chi connectivity index (χ3n) is 5.10. The van der Waals surface area contributed by atoms with E-state index in [0.717, 1.165) is 34.6 Å². The van der Waals surface area contributed by atoms with E-state index in [4.69, 9.17) is 4.74 Å². The molecule has 7 heteroatoms. The number of aryl methyl sites for hydroxylation is 1. The number of thiophene rings is 1. The standard InChI is InChI=1S/C22H25N3O3S/c1-3-11-24(13-16-9-10-16)20(26)14-28-22(27)19-12-18-15(2)23-25(21(18)29-19)17-7-5-4-6-8-17/h4-8,12,16H,3,9-11,13-14H2,1-2H3. The maximum Gasteiger partial charge on any atom is 0.348 e. The first kappa shape index (κ1) is 19.6. The molecule has 6 nitrogen and oxygen atoms in total. The lowest BCUT2D eigenvalue weighted by Crippen LogP contribution is -2.36. The Hall–Kier alpha value is -2.67. The predicted octanol–water partition coefficient (Wildman–Crippen LogP) is 4.20. The summed E-state index contributed by atoms with van der Waals surface area (Å²) in [6.07, 6.45) is 3.28. The van der Waals surface area contributed by atoms with Crippen LogP contribution in [0.15, 0.2) is 36.4 Å². The molecule has 0 spiro atoms. The summed E-state index contributed by atoms with van der Waals surface area (Å²) < 4.78 is 7.20. The molecule has 152 valence electrons. The summed E-state index contributed by atoms with van der Waals surface area (Å²) >= 11 is 1.34. The highest BCUT2D eigenvalue weighted by Gasteiger charge is 2.27. The van der Waals surface area contributed by atoms with Gasteiger partial charge in [0.05, 0.1) is 11.4 Å². The van der Waals surface area contributed by atoms with Crippen molar-refractivity contribution >= 4 is 33.4 Å². The van der Waals surface area contributed by atoms with Gasteiger partial charge in [-0.05, 0) is 50.3 Å². The smallest absolute Gasteiger partial charge is 0.348 e. The van der Waals surface area contributed by atoms with Gasteiger partial charge < -0.3 is 9.64 Å². The van der Waals surface area contributed by atoms with Crippen molar-refractivity contribution in [3.05, 3.63) is 47.0 Å². The summed E-state index contributed by atoms with van der Waals surface area (Å²) in [6.45, 7) is 5.26. The fourth-order valence-electron chi connectivity index (χ4n) is 3.38. The van der Waals surface area contributed by atoms with Gasteiger partial charge in [-0.25, -0.2) is 9.48 Å². The third-order valence-corrected chi connectivity index (χ3v) is 6.19. The number of aromatic nitrogens is 2. The number of ether oxygens (including phenoxy) is 1. The number of carbonyl (C=O) groups excluding carboxylic acids is 2. The van der Waals surface area contributed by atoms with Gasteiger partial charge in [-0.3, -0.25) is 4.79 Å². The molecule has 3 aromatic rings. The van der Waals surface area contributed by atoms with E-state index in [1.165, 1.54) is 24.2 Å². The first-order valence-corrected chi connectivity index (χ1v) is 10.9. The van der Waals surface area contributed by atoms with E-state index in [1.54, 1.807) is 0 Å². The van der Waals surface area contributed by atoms with E-state index < -0.39 is 5.97 Å². The maximum absolute atomic E-state index is 12.6. The van der Waals surface area contributed by atoms with Crippen LogP contribution in [-0.2, 0) is 9.53 Å². The van der Waals surface area contributed by atoms with Gasteiger partial charge in [-0.1, -0.05) is 25.1 Å². The molecular weight excluding hydrogens is 386 g/mol. The van der Waals surface area contributed by atoms with Crippen LogP contribution in [0.5, 0.6) is 0 Å². The van der Waals surface area contributed by atoms with Gasteiger partial charge in [0.1, 0.15) is 9.71 Å². The van der Waals surface area contributed by atoms with Gasteiger partial charge in [0.25, 0.3) is 5.91 Å². The highest BCUT2D eigenvalue weighted by atomic mass is 32.1. The Kier molecular flexibility index (Phi) is 5.67. The number of hydrogen-bond acceptors (Lipinski definition) is 5. The summed E-state index contributed by atoms with van der Waals surface area (Å²) in [4.78, 5) is 28.3. The largest absolute Gasteiger partial charge is 0.451 e. The fourth-order valence-corrected chi connectivity index (χ4v) is 4.46. The van der Waals surface area contributed by atoms with Gasteiger partial charge in [-0.2, -0.15) is 5.10 Å². The summed E-state index contributed by atoms with van der Waals surface area (Å²) in [5.41, 5.74) is 1.80. The van der Waals surface area contributed by atoms with Crippen molar-refractivity contribution < 1.29 is 14.3 Å². The highest BCUT2D eigenvalue weighted by Crippen LogP contribution is 2.31. The molecule has 2 heterocycles. The Labute approximate surface area is 174 Å². The van der Waals surface area contributed by atoms with E-state index in [-0.39, 0.29) is 12.5 Å². The Morgan fingerprint density at radius 2 is 2.03 bits per heavy atom. The van der Waals surface area contributed by atoms with Gasteiger partial charge in [0, 0.05) is 18.5 Å². The molecule has 0 saturated heterocycles. The summed E-state index contributed by atoms with van der Waals surface area (Å²) in [6, 6.07) is 11.6. The van der Waals surface area contributed by atoms with Crippen molar-refractivity contribution in [3.8, 4) is 5.69 Å². The number of benzene rings is 1. The molecule has 0 aliphatic heterocycles. The lowest BCUT2D eigenvalue weighted by atomic mass is 10.3. The molecule has 1 aliphatic carbocycles. The molecule has 1 aliphatic rings. The highest BCUT2D eigenvalue weighted by molar-refractivity contribution is 7.20. The molecule has 0 bridgehead atoms. The number of carbonyl (C=O) groups is 2. The first-order valence-electron chi connectivity index (χ1n) is 10.1. The molecule has 0 unspecified atom stereocenters. The molecule has 0 N–H and O–H groups in total. The minimum atomic E-state index is -0.457. The van der Waals surface area contributed by atoms with Gasteiger partial charge in [0.15, 0.2) is 6.61 Å². The van der Waals surface area contributed by atoms with Crippen LogP contribution in [0.25, 0.3) is 15.9 Å². The Bertz CT molecular complexity index is 1020. The number of esters is 1. The Morgan fingerprint density at radius 1 is 1.28 bits per heavy atom. The number of fused-ring (bicyclic) bond motifs is 1. The molecule has 1 saturated carbocycles. The zero-order valence-corrected chi connectivity index (χ0v) is 17.6. The number of rotatable bonds is 8. The van der Waals surface area contributed by atoms with E-state index >= 15 is 0 Å². The van der Waals surface area contributed by atoms with E-state index in [1.807, 2.05) is 52.9 Å². The lowest BCUT2D eigenvalue weighted by molar-refractivity contribution is -0.134. The molecule has 0 atom stereocenters. The van der Waals surface area contributed by atoms with E-state index in [0.29, 0.717) is 17.3 Å². The number of hydrogen-bond donors (Lipinski definition) is 0. The third kappa shape index (κ3) is 4.34. The zero-order valence-electron chi connectivity index (χ0n) is 16.8. The average molecular weight is 412 g/mol. The number of nitrogens with zero attached hydrogens (tertiary/aromatic N) is 3. The predicted molar refractivity (Wildman–Crippen MR) is 114 cm³/mol.